The van der Waals surface area contributed by atoms with Gasteiger partial charge in [0.25, 0.3) is 0 Å². The van der Waals surface area contributed by atoms with Crippen LogP contribution in [0.5, 0.6) is 0 Å². The molecule has 2 rings (SSSR count). The highest BCUT2D eigenvalue weighted by molar-refractivity contribution is 9.10. The summed E-state index contributed by atoms with van der Waals surface area (Å²) in [6.07, 6.45) is 1.60. The third kappa shape index (κ3) is 4.95. The van der Waals surface area contributed by atoms with Crippen LogP contribution in [-0.4, -0.2) is 42.1 Å². The Hall–Kier alpha value is -1.12. The highest BCUT2D eigenvalue weighted by Crippen LogP contribution is 2.30. The first-order valence-electron chi connectivity index (χ1n) is 8.31. The molecule has 1 aliphatic rings. The number of halogens is 1. The molecule has 0 aliphatic heterocycles. The van der Waals surface area contributed by atoms with Crippen molar-refractivity contribution in [2.45, 2.75) is 69.0 Å². The Morgan fingerprint density at radius 3 is 2.24 bits per heavy atom. The van der Waals surface area contributed by atoms with Crippen LogP contribution in [0, 0.1) is 0 Å². The molecular formula is C17H25BrN2O4S. The lowest BCUT2D eigenvalue weighted by molar-refractivity contribution is 0.0541. The van der Waals surface area contributed by atoms with E-state index in [1.165, 1.54) is 4.90 Å². The Morgan fingerprint density at radius 1 is 1.20 bits per heavy atom. The van der Waals surface area contributed by atoms with Crippen LogP contribution in [-0.2, 0) is 10.0 Å². The Kier molecular flexibility index (Phi) is 6.17. The van der Waals surface area contributed by atoms with Gasteiger partial charge in [-0.15, -0.1) is 0 Å². The molecule has 1 saturated carbocycles. The molecule has 1 aliphatic carbocycles. The zero-order chi connectivity index (χ0) is 18.8. The molecule has 0 atom stereocenters. The predicted octanol–water partition coefficient (Wildman–Crippen LogP) is 3.82. The lowest BCUT2D eigenvalue weighted by Crippen LogP contribution is -2.53. The van der Waals surface area contributed by atoms with Crippen LogP contribution < -0.4 is 4.72 Å². The summed E-state index contributed by atoms with van der Waals surface area (Å²) in [5.74, 6) is 0. The van der Waals surface area contributed by atoms with Crippen LogP contribution in [0.15, 0.2) is 33.6 Å². The first kappa shape index (κ1) is 20.2. The molecular weight excluding hydrogens is 408 g/mol. The Labute approximate surface area is 157 Å². The summed E-state index contributed by atoms with van der Waals surface area (Å²) < 4.78 is 28.4. The molecule has 0 bridgehead atoms. The lowest BCUT2D eigenvalue weighted by Gasteiger charge is -2.42. The summed E-state index contributed by atoms with van der Waals surface area (Å²) in [5.41, 5.74) is -0.474. The minimum atomic E-state index is -3.60. The first-order chi connectivity index (χ1) is 11.5. The number of nitrogens with zero attached hydrogens (tertiary/aromatic N) is 1. The Morgan fingerprint density at radius 2 is 1.76 bits per heavy atom. The van der Waals surface area contributed by atoms with Gasteiger partial charge in [0, 0.05) is 22.1 Å². The second-order valence-electron chi connectivity index (χ2n) is 7.38. The van der Waals surface area contributed by atoms with E-state index in [1.807, 2.05) is 20.8 Å². The van der Waals surface area contributed by atoms with Crippen LogP contribution in [0.4, 0.5) is 4.79 Å². The SMILES string of the molecule is CC(C)(C)N(C(=O)O)C1CCC(NS(=O)(=O)c2ccccc2Br)CC1. The highest BCUT2D eigenvalue weighted by Gasteiger charge is 2.36. The number of rotatable bonds is 4. The average molecular weight is 433 g/mol. The van der Waals surface area contributed by atoms with Gasteiger partial charge >= 0.3 is 6.09 Å². The molecule has 0 spiro atoms. The molecule has 25 heavy (non-hydrogen) atoms. The maximum absolute atomic E-state index is 12.6. The molecule has 0 radical (unpaired) electrons. The van der Waals surface area contributed by atoms with Crippen LogP contribution in [0.3, 0.4) is 0 Å². The van der Waals surface area contributed by atoms with Gasteiger partial charge in [-0.2, -0.15) is 0 Å². The third-order valence-corrected chi connectivity index (χ3v) is 6.97. The Bertz CT molecular complexity index is 722. The van der Waals surface area contributed by atoms with Gasteiger partial charge < -0.3 is 10.0 Å². The molecule has 140 valence electrons. The fraction of sp³-hybridized carbons (Fsp3) is 0.588. The molecule has 1 aromatic rings. The summed E-state index contributed by atoms with van der Waals surface area (Å²) in [6.45, 7) is 5.63. The summed E-state index contributed by atoms with van der Waals surface area (Å²) >= 11 is 3.27. The number of carbonyl (C=O) groups is 1. The van der Waals surface area contributed by atoms with Crippen molar-refractivity contribution in [1.82, 2.24) is 9.62 Å². The number of sulfonamides is 1. The summed E-state index contributed by atoms with van der Waals surface area (Å²) in [7, 11) is -3.60. The first-order valence-corrected chi connectivity index (χ1v) is 10.6. The van der Waals surface area contributed by atoms with E-state index in [0.29, 0.717) is 30.2 Å². The van der Waals surface area contributed by atoms with Gasteiger partial charge in [-0.1, -0.05) is 12.1 Å². The van der Waals surface area contributed by atoms with Crippen molar-refractivity contribution in [2.75, 3.05) is 0 Å². The number of amides is 1. The maximum atomic E-state index is 12.6. The fourth-order valence-corrected chi connectivity index (χ4v) is 5.70. The molecule has 1 aromatic carbocycles. The average Bonchev–Trinajstić information content (AvgIpc) is 2.47. The van der Waals surface area contributed by atoms with Gasteiger partial charge in [0.2, 0.25) is 10.0 Å². The van der Waals surface area contributed by atoms with E-state index in [2.05, 4.69) is 20.7 Å². The van der Waals surface area contributed by atoms with E-state index in [4.69, 9.17) is 0 Å². The van der Waals surface area contributed by atoms with Crippen LogP contribution in [0.25, 0.3) is 0 Å². The summed E-state index contributed by atoms with van der Waals surface area (Å²) in [6, 6.07) is 6.44. The molecule has 1 fully saturated rings. The molecule has 0 heterocycles. The molecule has 2 N–H and O–H groups in total. The number of carboxylic acid groups (broad SMARTS) is 1. The zero-order valence-electron chi connectivity index (χ0n) is 14.7. The van der Waals surface area contributed by atoms with Crippen LogP contribution >= 0.6 is 15.9 Å². The molecule has 0 unspecified atom stereocenters. The molecule has 6 nitrogen and oxygen atoms in total. The second-order valence-corrected chi connectivity index (χ2v) is 9.92. The second kappa shape index (κ2) is 7.63. The number of hydrogen-bond donors (Lipinski definition) is 2. The normalized spacial score (nSPS) is 21.8. The van der Waals surface area contributed by atoms with E-state index in [1.54, 1.807) is 24.3 Å². The van der Waals surface area contributed by atoms with Crippen LogP contribution in [0.2, 0.25) is 0 Å². The summed E-state index contributed by atoms with van der Waals surface area (Å²) in [4.78, 5) is 13.3. The number of nitrogens with one attached hydrogen (secondary N) is 1. The van der Waals surface area contributed by atoms with Gasteiger partial charge in [-0.3, -0.25) is 0 Å². The van der Waals surface area contributed by atoms with Gasteiger partial charge in [-0.05, 0) is 74.5 Å². The molecule has 0 aromatic heterocycles. The molecule has 8 heteroatoms. The largest absolute Gasteiger partial charge is 0.465 e. The van der Waals surface area contributed by atoms with Crippen molar-refractivity contribution < 1.29 is 18.3 Å². The zero-order valence-corrected chi connectivity index (χ0v) is 17.1. The van der Waals surface area contributed by atoms with E-state index in [0.717, 1.165) is 0 Å². The van der Waals surface area contributed by atoms with Crippen molar-refractivity contribution in [1.29, 1.82) is 0 Å². The van der Waals surface area contributed by atoms with Gasteiger partial charge in [0.05, 0.1) is 4.90 Å². The number of benzene rings is 1. The Balaban J connectivity index is 2.03. The fourth-order valence-electron chi connectivity index (χ4n) is 3.39. The lowest BCUT2D eigenvalue weighted by atomic mass is 9.88. The van der Waals surface area contributed by atoms with Crippen molar-refractivity contribution in [2.24, 2.45) is 0 Å². The minimum absolute atomic E-state index is 0.0817. The quantitative estimate of drug-likeness (QED) is 0.756. The van der Waals surface area contributed by atoms with Gasteiger partial charge in [-0.25, -0.2) is 17.9 Å². The topological polar surface area (TPSA) is 86.7 Å². The predicted molar refractivity (Wildman–Crippen MR) is 100 cm³/mol. The minimum Gasteiger partial charge on any atom is -0.465 e. The smallest absolute Gasteiger partial charge is 0.407 e. The van der Waals surface area contributed by atoms with Crippen molar-refractivity contribution in [3.63, 3.8) is 0 Å². The highest BCUT2D eigenvalue weighted by atomic mass is 79.9. The van der Waals surface area contributed by atoms with Gasteiger partial charge in [0.15, 0.2) is 0 Å². The monoisotopic (exact) mass is 432 g/mol. The van der Waals surface area contributed by atoms with Crippen LogP contribution in [0.1, 0.15) is 46.5 Å². The standard InChI is InChI=1S/C17H25BrN2O4S/c1-17(2,3)20(16(21)22)13-10-8-12(9-11-13)19-25(23,24)15-7-5-4-6-14(15)18/h4-7,12-13,19H,8-11H2,1-3H3,(H,21,22). The summed E-state index contributed by atoms with van der Waals surface area (Å²) in [5, 5.41) is 9.50. The van der Waals surface area contributed by atoms with Crippen molar-refractivity contribution >= 4 is 32.0 Å². The molecule has 0 saturated heterocycles. The van der Waals surface area contributed by atoms with Gasteiger partial charge in [0.1, 0.15) is 0 Å². The number of hydrogen-bond acceptors (Lipinski definition) is 3. The van der Waals surface area contributed by atoms with E-state index in [9.17, 15) is 18.3 Å². The third-order valence-electron chi connectivity index (χ3n) is 4.44. The van der Waals surface area contributed by atoms with Crippen molar-refractivity contribution in [3.05, 3.63) is 28.7 Å². The maximum Gasteiger partial charge on any atom is 0.407 e. The van der Waals surface area contributed by atoms with E-state index in [-0.39, 0.29) is 17.0 Å². The van der Waals surface area contributed by atoms with Crippen molar-refractivity contribution in [3.8, 4) is 0 Å². The van der Waals surface area contributed by atoms with E-state index >= 15 is 0 Å². The molecule has 1 amide bonds. The van der Waals surface area contributed by atoms with E-state index < -0.39 is 21.7 Å².